The molecule has 0 saturated carbocycles. The van der Waals surface area contributed by atoms with Crippen LogP contribution in [0, 0.1) is 5.92 Å². The third-order valence-corrected chi connectivity index (χ3v) is 4.98. The lowest BCUT2D eigenvalue weighted by Gasteiger charge is -2.31. The van der Waals surface area contributed by atoms with Crippen LogP contribution in [0.5, 0.6) is 5.75 Å². The van der Waals surface area contributed by atoms with E-state index >= 15 is 0 Å². The van der Waals surface area contributed by atoms with Gasteiger partial charge in [0.1, 0.15) is 12.4 Å². The minimum atomic E-state index is -0.190. The lowest BCUT2D eigenvalue weighted by molar-refractivity contribution is -0.132. The van der Waals surface area contributed by atoms with Crippen molar-refractivity contribution in [2.45, 2.75) is 32.8 Å². The van der Waals surface area contributed by atoms with Gasteiger partial charge in [-0.2, -0.15) is 0 Å². The highest BCUT2D eigenvalue weighted by Gasteiger charge is 2.20. The fourth-order valence-corrected chi connectivity index (χ4v) is 3.43. The van der Waals surface area contributed by atoms with E-state index < -0.39 is 0 Å². The van der Waals surface area contributed by atoms with Crippen LogP contribution < -0.4 is 10.1 Å². The van der Waals surface area contributed by atoms with Gasteiger partial charge in [0.25, 0.3) is 5.91 Å². The zero-order valence-corrected chi connectivity index (χ0v) is 16.4. The van der Waals surface area contributed by atoms with E-state index in [1.165, 1.54) is 6.42 Å². The molecule has 1 fully saturated rings. The summed E-state index contributed by atoms with van der Waals surface area (Å²) < 4.78 is 5.77. The first kappa shape index (κ1) is 19.9. The van der Waals surface area contributed by atoms with E-state index in [1.54, 1.807) is 18.2 Å². The molecule has 5 nitrogen and oxygen atoms in total. The van der Waals surface area contributed by atoms with Crippen molar-refractivity contribution in [3.05, 3.63) is 65.7 Å². The van der Waals surface area contributed by atoms with Crippen LogP contribution in [0.2, 0.25) is 0 Å². The highest BCUT2D eigenvalue weighted by atomic mass is 16.5. The molecule has 1 aliphatic rings. The van der Waals surface area contributed by atoms with E-state index in [-0.39, 0.29) is 11.8 Å². The maximum atomic E-state index is 12.4. The van der Waals surface area contributed by atoms with E-state index in [4.69, 9.17) is 4.74 Å². The summed E-state index contributed by atoms with van der Waals surface area (Å²) in [4.78, 5) is 26.6. The van der Waals surface area contributed by atoms with Crippen LogP contribution in [0.4, 0.5) is 0 Å². The van der Waals surface area contributed by atoms with Gasteiger partial charge in [0.15, 0.2) is 0 Å². The van der Waals surface area contributed by atoms with Gasteiger partial charge in [-0.1, -0.05) is 43.3 Å². The second-order valence-corrected chi connectivity index (χ2v) is 7.40. The van der Waals surface area contributed by atoms with Gasteiger partial charge < -0.3 is 15.0 Å². The number of amides is 2. The molecule has 1 N–H and O–H groups in total. The molecule has 1 aliphatic heterocycles. The number of benzene rings is 2. The molecule has 28 heavy (non-hydrogen) atoms. The van der Waals surface area contributed by atoms with Gasteiger partial charge in [0.2, 0.25) is 5.91 Å². The summed E-state index contributed by atoms with van der Waals surface area (Å²) >= 11 is 0. The van der Waals surface area contributed by atoms with Crippen molar-refractivity contribution < 1.29 is 14.3 Å². The van der Waals surface area contributed by atoms with Gasteiger partial charge >= 0.3 is 0 Å². The Morgan fingerprint density at radius 2 is 1.96 bits per heavy atom. The summed E-state index contributed by atoms with van der Waals surface area (Å²) in [5, 5.41) is 2.84. The Morgan fingerprint density at radius 3 is 2.75 bits per heavy atom. The molecule has 0 bridgehead atoms. The maximum Gasteiger partial charge on any atom is 0.251 e. The SMILES string of the molecule is CC1CCCN(C(=O)CCNC(=O)c2cccc(OCc3ccccc3)c2)C1. The first-order valence-electron chi connectivity index (χ1n) is 9.94. The number of likely N-dealkylation sites (tertiary alicyclic amines) is 1. The first-order valence-corrected chi connectivity index (χ1v) is 9.94. The van der Waals surface area contributed by atoms with Crippen LogP contribution in [-0.4, -0.2) is 36.3 Å². The fourth-order valence-electron chi connectivity index (χ4n) is 3.43. The molecule has 1 heterocycles. The van der Waals surface area contributed by atoms with E-state index in [2.05, 4.69) is 12.2 Å². The molecule has 0 aromatic heterocycles. The molecule has 2 amide bonds. The van der Waals surface area contributed by atoms with Gasteiger partial charge in [-0.3, -0.25) is 9.59 Å². The Morgan fingerprint density at radius 1 is 1.14 bits per heavy atom. The lowest BCUT2D eigenvalue weighted by Crippen LogP contribution is -2.40. The highest BCUT2D eigenvalue weighted by molar-refractivity contribution is 5.94. The predicted molar refractivity (Wildman–Crippen MR) is 109 cm³/mol. The Labute approximate surface area is 166 Å². The summed E-state index contributed by atoms with van der Waals surface area (Å²) in [5.41, 5.74) is 1.60. The number of nitrogens with zero attached hydrogens (tertiary/aromatic N) is 1. The van der Waals surface area contributed by atoms with Crippen molar-refractivity contribution in [1.82, 2.24) is 10.2 Å². The smallest absolute Gasteiger partial charge is 0.251 e. The van der Waals surface area contributed by atoms with Gasteiger partial charge in [-0.25, -0.2) is 0 Å². The molecule has 1 unspecified atom stereocenters. The lowest BCUT2D eigenvalue weighted by atomic mass is 10.00. The summed E-state index contributed by atoms with van der Waals surface area (Å²) in [7, 11) is 0. The highest BCUT2D eigenvalue weighted by Crippen LogP contribution is 2.17. The predicted octanol–water partition coefficient (Wildman–Crippen LogP) is 3.64. The normalized spacial score (nSPS) is 16.5. The van der Waals surface area contributed by atoms with Gasteiger partial charge in [-0.15, -0.1) is 0 Å². The first-order chi connectivity index (χ1) is 13.6. The number of hydrogen-bond acceptors (Lipinski definition) is 3. The Bertz CT molecular complexity index is 791. The number of nitrogens with one attached hydrogen (secondary N) is 1. The topological polar surface area (TPSA) is 58.6 Å². The maximum absolute atomic E-state index is 12.4. The minimum Gasteiger partial charge on any atom is -0.489 e. The van der Waals surface area contributed by atoms with Crippen molar-refractivity contribution in [2.24, 2.45) is 5.92 Å². The molecule has 3 rings (SSSR count). The van der Waals surface area contributed by atoms with Crippen LogP contribution in [0.3, 0.4) is 0 Å². The quantitative estimate of drug-likeness (QED) is 0.798. The zero-order chi connectivity index (χ0) is 19.8. The number of carbonyl (C=O) groups excluding carboxylic acids is 2. The Kier molecular flexibility index (Phi) is 7.06. The fraction of sp³-hybridized carbons (Fsp3) is 0.391. The van der Waals surface area contributed by atoms with Crippen LogP contribution in [-0.2, 0) is 11.4 Å². The van der Waals surface area contributed by atoms with Crippen molar-refractivity contribution in [2.75, 3.05) is 19.6 Å². The molecule has 148 valence electrons. The average molecular weight is 380 g/mol. The van der Waals surface area contributed by atoms with Crippen LogP contribution >= 0.6 is 0 Å². The van der Waals surface area contributed by atoms with Crippen molar-refractivity contribution in [3.8, 4) is 5.75 Å². The van der Waals surface area contributed by atoms with Crippen molar-refractivity contribution in [1.29, 1.82) is 0 Å². The number of rotatable bonds is 7. The third-order valence-electron chi connectivity index (χ3n) is 4.98. The Hall–Kier alpha value is -2.82. The molecule has 1 atom stereocenters. The number of ether oxygens (including phenoxy) is 1. The van der Waals surface area contributed by atoms with Crippen LogP contribution in [0.1, 0.15) is 42.1 Å². The average Bonchev–Trinajstić information content (AvgIpc) is 2.73. The molecule has 0 spiro atoms. The standard InChI is InChI=1S/C23H28N2O3/c1-18-7-6-14-25(16-18)22(26)12-13-24-23(27)20-10-5-11-21(15-20)28-17-19-8-3-2-4-9-19/h2-5,8-11,15,18H,6-7,12-14,16-17H2,1H3,(H,24,27). The monoisotopic (exact) mass is 380 g/mol. The number of carbonyl (C=O) groups is 2. The van der Waals surface area contributed by atoms with Crippen LogP contribution in [0.25, 0.3) is 0 Å². The zero-order valence-electron chi connectivity index (χ0n) is 16.4. The van der Waals surface area contributed by atoms with Crippen molar-refractivity contribution in [3.63, 3.8) is 0 Å². The molecule has 5 heteroatoms. The van der Waals surface area contributed by atoms with E-state index in [1.807, 2.05) is 41.3 Å². The van der Waals surface area contributed by atoms with E-state index in [0.717, 1.165) is 25.1 Å². The largest absolute Gasteiger partial charge is 0.489 e. The molecular weight excluding hydrogens is 352 g/mol. The number of piperidine rings is 1. The van der Waals surface area contributed by atoms with Crippen LogP contribution in [0.15, 0.2) is 54.6 Å². The number of hydrogen-bond donors (Lipinski definition) is 1. The third kappa shape index (κ3) is 5.84. The molecule has 1 saturated heterocycles. The Balaban J connectivity index is 1.45. The van der Waals surface area contributed by atoms with Gasteiger partial charge in [0.05, 0.1) is 0 Å². The second kappa shape index (κ2) is 9.93. The second-order valence-electron chi connectivity index (χ2n) is 7.40. The van der Waals surface area contributed by atoms with Gasteiger partial charge in [-0.05, 0) is 42.5 Å². The minimum absolute atomic E-state index is 0.117. The van der Waals surface area contributed by atoms with Gasteiger partial charge in [0, 0.05) is 31.6 Å². The molecule has 0 aliphatic carbocycles. The van der Waals surface area contributed by atoms with Crippen molar-refractivity contribution >= 4 is 11.8 Å². The molecule has 2 aromatic rings. The summed E-state index contributed by atoms with van der Waals surface area (Å²) in [6, 6.07) is 17.0. The summed E-state index contributed by atoms with van der Waals surface area (Å²) in [5.74, 6) is 1.14. The molecule has 2 aromatic carbocycles. The molecule has 0 radical (unpaired) electrons. The summed E-state index contributed by atoms with van der Waals surface area (Å²) in [6.45, 7) is 4.63. The summed E-state index contributed by atoms with van der Waals surface area (Å²) in [6.07, 6.45) is 2.58. The van der Waals surface area contributed by atoms with E-state index in [9.17, 15) is 9.59 Å². The van der Waals surface area contributed by atoms with E-state index in [0.29, 0.717) is 36.8 Å². The molecular formula is C23H28N2O3.